The molecular formula is C28H36FN3O4. The van der Waals surface area contributed by atoms with Crippen molar-refractivity contribution in [2.24, 2.45) is 17.8 Å². The van der Waals surface area contributed by atoms with Gasteiger partial charge in [-0.1, -0.05) is 12.1 Å². The minimum absolute atomic E-state index is 0.100. The summed E-state index contributed by atoms with van der Waals surface area (Å²) in [7, 11) is 0. The monoisotopic (exact) mass is 497 g/mol. The van der Waals surface area contributed by atoms with Crippen molar-refractivity contribution in [3.63, 3.8) is 0 Å². The summed E-state index contributed by atoms with van der Waals surface area (Å²) in [5.41, 5.74) is 1.16. The molecule has 36 heavy (non-hydrogen) atoms. The Kier molecular flexibility index (Phi) is 6.92. The summed E-state index contributed by atoms with van der Waals surface area (Å²) < 4.78 is 31.5. The smallest absolute Gasteiger partial charge is 0.407 e. The van der Waals surface area contributed by atoms with E-state index in [1.54, 1.807) is 12.3 Å². The van der Waals surface area contributed by atoms with Crippen molar-refractivity contribution < 1.29 is 23.4 Å². The van der Waals surface area contributed by atoms with Gasteiger partial charge >= 0.3 is 6.09 Å². The maximum Gasteiger partial charge on any atom is 0.407 e. The molecule has 8 heteroatoms. The molecule has 3 aliphatic rings. The third-order valence-electron chi connectivity index (χ3n) is 7.59. The van der Waals surface area contributed by atoms with Crippen LogP contribution in [0.25, 0.3) is 11.1 Å². The number of pyridine rings is 1. The molecular weight excluding hydrogens is 461 g/mol. The molecule has 1 aliphatic heterocycles. The number of benzene rings is 1. The van der Waals surface area contributed by atoms with Crippen LogP contribution in [-0.4, -0.2) is 48.3 Å². The topological polar surface area (TPSA) is 81.7 Å². The van der Waals surface area contributed by atoms with Crippen LogP contribution in [0, 0.1) is 23.6 Å². The van der Waals surface area contributed by atoms with E-state index >= 15 is 0 Å². The van der Waals surface area contributed by atoms with Crippen molar-refractivity contribution in [1.29, 1.82) is 0 Å². The van der Waals surface area contributed by atoms with Crippen LogP contribution in [0.4, 0.5) is 15.0 Å². The summed E-state index contributed by atoms with van der Waals surface area (Å²) in [4.78, 5) is 16.9. The van der Waals surface area contributed by atoms with Crippen LogP contribution in [0.3, 0.4) is 0 Å². The van der Waals surface area contributed by atoms with Crippen molar-refractivity contribution in [2.45, 2.75) is 63.9 Å². The zero-order valence-corrected chi connectivity index (χ0v) is 21.3. The fourth-order valence-corrected chi connectivity index (χ4v) is 6.16. The van der Waals surface area contributed by atoms with E-state index in [1.165, 1.54) is 12.1 Å². The summed E-state index contributed by atoms with van der Waals surface area (Å²) >= 11 is 0. The number of ether oxygens (including phenoxy) is 3. The molecule has 3 fully saturated rings. The van der Waals surface area contributed by atoms with Gasteiger partial charge in [0.05, 0.1) is 13.2 Å². The molecule has 194 valence electrons. The number of rotatable bonds is 5. The van der Waals surface area contributed by atoms with Gasteiger partial charge in [-0.2, -0.15) is 0 Å². The Bertz CT molecular complexity index is 1070. The molecule has 7 nitrogen and oxygen atoms in total. The quantitative estimate of drug-likeness (QED) is 0.578. The second-order valence-electron chi connectivity index (χ2n) is 11.2. The number of fused-ring (bicyclic) bond motifs is 1. The van der Waals surface area contributed by atoms with Gasteiger partial charge in [0.15, 0.2) is 5.79 Å². The molecule has 2 aliphatic carbocycles. The number of nitrogens with zero attached hydrogens (tertiary/aromatic N) is 1. The summed E-state index contributed by atoms with van der Waals surface area (Å²) in [6, 6.07) is 10.5. The highest BCUT2D eigenvalue weighted by Gasteiger charge is 2.58. The van der Waals surface area contributed by atoms with Gasteiger partial charge in [-0.25, -0.2) is 14.2 Å². The van der Waals surface area contributed by atoms with E-state index in [2.05, 4.69) is 15.6 Å². The van der Waals surface area contributed by atoms with Gasteiger partial charge in [-0.05, 0) is 81.7 Å². The second-order valence-corrected chi connectivity index (χ2v) is 11.2. The summed E-state index contributed by atoms with van der Waals surface area (Å²) in [5.74, 6) is 0.975. The minimum Gasteiger partial charge on any atom is -0.444 e. The highest BCUT2D eigenvalue weighted by Crippen LogP contribution is 2.54. The fraction of sp³-hybridized carbons (Fsp3) is 0.571. The minimum atomic E-state index is -0.579. The van der Waals surface area contributed by atoms with Gasteiger partial charge in [0.1, 0.15) is 17.2 Å². The molecule has 0 radical (unpaired) electrons. The molecule has 1 saturated heterocycles. The van der Waals surface area contributed by atoms with Crippen LogP contribution in [-0.2, 0) is 14.2 Å². The summed E-state index contributed by atoms with van der Waals surface area (Å²) in [6.45, 7) is 7.53. The highest BCUT2D eigenvalue weighted by atomic mass is 19.1. The first-order valence-electron chi connectivity index (χ1n) is 12.9. The number of halogens is 1. The highest BCUT2D eigenvalue weighted by molar-refractivity contribution is 5.68. The standard InChI is InChI=1S/C28H36FN3O4/c1-27(2,3)36-26(33)32-22-8-9-23-20(14-22)15-28(34-11-12-35-28)24(23)17-31-25-10-7-19(16-30-25)18-5-4-6-21(29)13-18/h4-7,10,13,16,20,22-24H,8-9,11-12,14-15,17H2,1-3H3,(H,30,31)(H,32,33)/t20-,22?,23+,24-/m0/s1. The summed E-state index contributed by atoms with van der Waals surface area (Å²) in [6.07, 6.45) is 5.06. The number of alkyl carbamates (subject to hydrolysis) is 1. The number of nitrogens with one attached hydrogen (secondary N) is 2. The average Bonchev–Trinajstić information content (AvgIpc) is 3.40. The Morgan fingerprint density at radius 3 is 2.67 bits per heavy atom. The molecule has 1 aromatic carbocycles. The molecule has 5 rings (SSSR count). The first-order valence-corrected chi connectivity index (χ1v) is 12.9. The third kappa shape index (κ3) is 5.49. The molecule has 1 aromatic heterocycles. The molecule has 2 aromatic rings. The first kappa shape index (κ1) is 25.0. The number of hydrogen-bond acceptors (Lipinski definition) is 6. The van der Waals surface area contributed by atoms with Gasteiger partial charge in [0, 0.05) is 36.7 Å². The van der Waals surface area contributed by atoms with Crippen LogP contribution >= 0.6 is 0 Å². The summed E-state index contributed by atoms with van der Waals surface area (Å²) in [5, 5.41) is 6.57. The number of hydrogen-bond donors (Lipinski definition) is 2. The third-order valence-corrected chi connectivity index (χ3v) is 7.59. The van der Waals surface area contributed by atoms with Gasteiger partial charge < -0.3 is 24.8 Å². The predicted octanol–water partition coefficient (Wildman–Crippen LogP) is 5.37. The van der Waals surface area contributed by atoms with E-state index in [4.69, 9.17) is 14.2 Å². The largest absolute Gasteiger partial charge is 0.444 e. The molecule has 0 bridgehead atoms. The van der Waals surface area contributed by atoms with Crippen molar-refractivity contribution in [3.05, 3.63) is 48.4 Å². The Hall–Kier alpha value is -2.71. The number of amides is 1. The number of aromatic nitrogens is 1. The van der Waals surface area contributed by atoms with Crippen LogP contribution in [0.15, 0.2) is 42.6 Å². The maximum absolute atomic E-state index is 13.6. The Labute approximate surface area is 212 Å². The Morgan fingerprint density at radius 2 is 1.97 bits per heavy atom. The van der Waals surface area contributed by atoms with Crippen molar-refractivity contribution in [2.75, 3.05) is 25.1 Å². The molecule has 2 N–H and O–H groups in total. The van der Waals surface area contributed by atoms with Crippen LogP contribution in [0.5, 0.6) is 0 Å². The fourth-order valence-electron chi connectivity index (χ4n) is 6.16. The van der Waals surface area contributed by atoms with E-state index in [9.17, 15) is 9.18 Å². The molecule has 1 spiro atoms. The lowest BCUT2D eigenvalue weighted by Gasteiger charge is -2.36. The van der Waals surface area contributed by atoms with Crippen LogP contribution in [0.1, 0.15) is 46.5 Å². The molecule has 2 heterocycles. The molecule has 4 atom stereocenters. The van der Waals surface area contributed by atoms with E-state index in [0.29, 0.717) is 31.6 Å². The lowest BCUT2D eigenvalue weighted by Crippen LogP contribution is -2.44. The maximum atomic E-state index is 13.6. The van der Waals surface area contributed by atoms with Crippen molar-refractivity contribution in [3.8, 4) is 11.1 Å². The van der Waals surface area contributed by atoms with Crippen molar-refractivity contribution >= 4 is 11.9 Å². The van der Waals surface area contributed by atoms with Crippen molar-refractivity contribution in [1.82, 2.24) is 10.3 Å². The average molecular weight is 498 g/mol. The number of carbonyl (C=O) groups excluding carboxylic acids is 1. The molecule has 1 unspecified atom stereocenters. The van der Waals surface area contributed by atoms with Gasteiger partial charge in [0.2, 0.25) is 0 Å². The zero-order valence-electron chi connectivity index (χ0n) is 21.3. The normalized spacial score (nSPS) is 27.0. The van der Waals surface area contributed by atoms with Gasteiger partial charge in [0.25, 0.3) is 0 Å². The Morgan fingerprint density at radius 1 is 1.17 bits per heavy atom. The van der Waals surface area contributed by atoms with E-state index < -0.39 is 11.4 Å². The van der Waals surface area contributed by atoms with E-state index in [0.717, 1.165) is 42.6 Å². The lowest BCUT2D eigenvalue weighted by atomic mass is 9.75. The number of anilines is 1. The Balaban J connectivity index is 1.23. The molecule has 1 amide bonds. The second kappa shape index (κ2) is 9.98. The van der Waals surface area contributed by atoms with Crippen LogP contribution < -0.4 is 10.6 Å². The lowest BCUT2D eigenvalue weighted by molar-refractivity contribution is -0.183. The van der Waals surface area contributed by atoms with Crippen LogP contribution in [0.2, 0.25) is 0 Å². The van der Waals surface area contributed by atoms with Gasteiger partial charge in [-0.15, -0.1) is 0 Å². The number of carbonyl (C=O) groups is 1. The SMILES string of the molecule is CC(C)(C)OC(=O)NC1CC[C@@H]2[C@@H](C1)CC1(OCCO1)[C@H]2CNc1ccc(-c2cccc(F)c2)cn1. The van der Waals surface area contributed by atoms with Gasteiger partial charge in [-0.3, -0.25) is 0 Å². The molecule has 2 saturated carbocycles. The van der Waals surface area contributed by atoms with E-state index in [-0.39, 0.29) is 23.9 Å². The predicted molar refractivity (Wildman–Crippen MR) is 135 cm³/mol. The van der Waals surface area contributed by atoms with E-state index in [1.807, 2.05) is 39.0 Å². The first-order chi connectivity index (χ1) is 17.2. The zero-order chi connectivity index (χ0) is 25.3.